The zero-order valence-electron chi connectivity index (χ0n) is 9.47. The van der Waals surface area contributed by atoms with Crippen LogP contribution in [0.25, 0.3) is 0 Å². The Kier molecular flexibility index (Phi) is 2.36. The van der Waals surface area contributed by atoms with Crippen molar-refractivity contribution in [2.75, 3.05) is 0 Å². The van der Waals surface area contributed by atoms with Crippen LogP contribution in [-0.4, -0.2) is 10.7 Å². The molecule has 1 aromatic rings. The highest BCUT2D eigenvalue weighted by molar-refractivity contribution is 5.21. The molecule has 1 aromatic carbocycles. The van der Waals surface area contributed by atoms with Crippen molar-refractivity contribution in [2.24, 2.45) is 11.8 Å². The van der Waals surface area contributed by atoms with E-state index < -0.39 is 5.60 Å². The predicted molar refractivity (Wildman–Crippen MR) is 65.1 cm³/mol. The largest absolute Gasteiger partial charge is 0.389 e. The summed E-state index contributed by atoms with van der Waals surface area (Å²) in [4.78, 5) is 0. The average molecular weight is 214 g/mol. The molecule has 4 rings (SSSR count). The fourth-order valence-electron chi connectivity index (χ4n) is 3.25. The molecular weight excluding hydrogens is 196 g/mol. The molecule has 0 radical (unpaired) electrons. The molecule has 3 atom stereocenters. The first-order chi connectivity index (χ1) is 7.76. The Bertz CT molecular complexity index is 395. The van der Waals surface area contributed by atoms with E-state index in [-0.39, 0.29) is 0 Å². The molecule has 0 aromatic heterocycles. The van der Waals surface area contributed by atoms with Crippen LogP contribution in [0.5, 0.6) is 0 Å². The van der Waals surface area contributed by atoms with Crippen LogP contribution in [0.4, 0.5) is 0 Å². The van der Waals surface area contributed by atoms with Crippen LogP contribution in [-0.2, 0) is 6.42 Å². The van der Waals surface area contributed by atoms with Crippen molar-refractivity contribution in [1.82, 2.24) is 0 Å². The summed E-state index contributed by atoms with van der Waals surface area (Å²) >= 11 is 0. The van der Waals surface area contributed by atoms with Crippen molar-refractivity contribution in [1.29, 1.82) is 0 Å². The van der Waals surface area contributed by atoms with E-state index in [2.05, 4.69) is 36.4 Å². The molecule has 0 heterocycles. The number of hydrogen-bond acceptors (Lipinski definition) is 1. The molecule has 0 amide bonds. The molecule has 1 N–H and O–H groups in total. The van der Waals surface area contributed by atoms with E-state index >= 15 is 0 Å². The van der Waals surface area contributed by atoms with Crippen LogP contribution in [0, 0.1) is 11.8 Å². The molecule has 2 bridgehead atoms. The molecule has 0 saturated heterocycles. The first-order valence-corrected chi connectivity index (χ1v) is 6.21. The number of allylic oxidation sites excluding steroid dienone is 1. The van der Waals surface area contributed by atoms with Gasteiger partial charge in [-0.1, -0.05) is 42.5 Å². The third kappa shape index (κ3) is 1.69. The Balaban J connectivity index is 1.82. The van der Waals surface area contributed by atoms with Gasteiger partial charge in [-0.3, -0.25) is 0 Å². The minimum absolute atomic E-state index is 0.373. The van der Waals surface area contributed by atoms with Crippen molar-refractivity contribution in [2.45, 2.75) is 31.3 Å². The standard InChI is InChI=1S/C15H18O/c16-15(10-12-4-2-1-3-5-12)11-13-6-8-14(15)9-7-13/h1-6,8,13-14,16H,7,9-11H2/t13-,14+,15+/m0/s1. The Labute approximate surface area is 96.8 Å². The maximum atomic E-state index is 10.8. The van der Waals surface area contributed by atoms with Crippen LogP contribution in [0.2, 0.25) is 0 Å². The monoisotopic (exact) mass is 214 g/mol. The van der Waals surface area contributed by atoms with E-state index in [4.69, 9.17) is 0 Å². The Morgan fingerprint density at radius 3 is 2.50 bits per heavy atom. The van der Waals surface area contributed by atoms with Gasteiger partial charge in [0.05, 0.1) is 5.60 Å². The average Bonchev–Trinajstić information content (AvgIpc) is 2.31. The van der Waals surface area contributed by atoms with Gasteiger partial charge in [0, 0.05) is 12.3 Å². The lowest BCUT2D eigenvalue weighted by atomic mass is 9.64. The lowest BCUT2D eigenvalue weighted by Gasteiger charge is -2.45. The normalized spacial score (nSPS) is 36.6. The van der Waals surface area contributed by atoms with Crippen LogP contribution in [0.3, 0.4) is 0 Å². The first kappa shape index (κ1) is 10.1. The lowest BCUT2D eigenvalue weighted by molar-refractivity contribution is -0.0486. The second-order valence-electron chi connectivity index (χ2n) is 5.30. The van der Waals surface area contributed by atoms with Gasteiger partial charge in [0.1, 0.15) is 0 Å². The van der Waals surface area contributed by atoms with E-state index in [9.17, 15) is 5.11 Å². The summed E-state index contributed by atoms with van der Waals surface area (Å²) < 4.78 is 0. The fourth-order valence-corrected chi connectivity index (χ4v) is 3.25. The summed E-state index contributed by atoms with van der Waals surface area (Å²) in [5.74, 6) is 0.983. The highest BCUT2D eigenvalue weighted by atomic mass is 16.3. The molecule has 1 heteroatoms. The Morgan fingerprint density at radius 2 is 1.94 bits per heavy atom. The van der Waals surface area contributed by atoms with Gasteiger partial charge in [-0.05, 0) is 30.7 Å². The topological polar surface area (TPSA) is 20.2 Å². The van der Waals surface area contributed by atoms with Gasteiger partial charge in [-0.15, -0.1) is 0 Å². The second kappa shape index (κ2) is 3.74. The van der Waals surface area contributed by atoms with Gasteiger partial charge >= 0.3 is 0 Å². The van der Waals surface area contributed by atoms with Crippen molar-refractivity contribution in [3.05, 3.63) is 48.0 Å². The summed E-state index contributed by atoms with van der Waals surface area (Å²) in [5, 5.41) is 10.8. The highest BCUT2D eigenvalue weighted by Gasteiger charge is 2.43. The zero-order chi connectivity index (χ0) is 11.0. The smallest absolute Gasteiger partial charge is 0.0755 e. The number of benzene rings is 1. The summed E-state index contributed by atoms with van der Waals surface area (Å²) in [7, 11) is 0. The molecule has 0 aliphatic heterocycles. The van der Waals surface area contributed by atoms with E-state index in [1.54, 1.807) is 0 Å². The predicted octanol–water partition coefficient (Wildman–Crippen LogP) is 2.95. The molecular formula is C15H18O. The lowest BCUT2D eigenvalue weighted by Crippen LogP contribution is -2.46. The van der Waals surface area contributed by atoms with Crippen LogP contribution in [0.1, 0.15) is 24.8 Å². The molecule has 1 saturated carbocycles. The molecule has 1 nitrogen and oxygen atoms in total. The quantitative estimate of drug-likeness (QED) is 0.750. The van der Waals surface area contributed by atoms with Crippen LogP contribution in [0.15, 0.2) is 42.5 Å². The summed E-state index contributed by atoms with van der Waals surface area (Å²) in [6.07, 6.45) is 8.71. The minimum Gasteiger partial charge on any atom is -0.389 e. The van der Waals surface area contributed by atoms with E-state index in [1.165, 1.54) is 12.0 Å². The van der Waals surface area contributed by atoms with Gasteiger partial charge in [0.2, 0.25) is 0 Å². The van der Waals surface area contributed by atoms with Crippen LogP contribution >= 0.6 is 0 Å². The van der Waals surface area contributed by atoms with E-state index in [0.29, 0.717) is 11.8 Å². The Hall–Kier alpha value is -1.08. The van der Waals surface area contributed by atoms with Crippen molar-refractivity contribution < 1.29 is 5.11 Å². The second-order valence-corrected chi connectivity index (χ2v) is 5.30. The summed E-state index contributed by atoms with van der Waals surface area (Å²) in [6, 6.07) is 10.4. The molecule has 3 aliphatic carbocycles. The summed E-state index contributed by atoms with van der Waals surface area (Å²) in [6.45, 7) is 0. The van der Waals surface area contributed by atoms with Gasteiger partial charge < -0.3 is 5.11 Å². The number of rotatable bonds is 2. The maximum absolute atomic E-state index is 10.8. The Morgan fingerprint density at radius 1 is 1.12 bits per heavy atom. The zero-order valence-corrected chi connectivity index (χ0v) is 9.47. The number of aliphatic hydroxyl groups is 1. The van der Waals surface area contributed by atoms with Gasteiger partial charge in [0.25, 0.3) is 0 Å². The van der Waals surface area contributed by atoms with Crippen molar-refractivity contribution in [3.63, 3.8) is 0 Å². The molecule has 0 unspecified atom stereocenters. The maximum Gasteiger partial charge on any atom is 0.0755 e. The molecule has 0 spiro atoms. The minimum atomic E-state index is -0.487. The van der Waals surface area contributed by atoms with Crippen molar-refractivity contribution in [3.8, 4) is 0 Å². The van der Waals surface area contributed by atoms with Gasteiger partial charge in [0.15, 0.2) is 0 Å². The third-order valence-electron chi connectivity index (χ3n) is 4.12. The first-order valence-electron chi connectivity index (χ1n) is 6.21. The summed E-state index contributed by atoms with van der Waals surface area (Å²) in [5.41, 5.74) is 0.768. The van der Waals surface area contributed by atoms with E-state index in [1.807, 2.05) is 6.07 Å². The third-order valence-corrected chi connectivity index (χ3v) is 4.12. The molecule has 1 fully saturated rings. The highest BCUT2D eigenvalue weighted by Crippen LogP contribution is 2.44. The van der Waals surface area contributed by atoms with Crippen molar-refractivity contribution >= 4 is 0 Å². The SMILES string of the molecule is O[C@]1(Cc2ccccc2)C[C@H]2C=C[C@@H]1CC2. The number of hydrogen-bond donors (Lipinski definition) is 1. The van der Waals surface area contributed by atoms with Gasteiger partial charge in [-0.25, -0.2) is 0 Å². The van der Waals surface area contributed by atoms with Gasteiger partial charge in [-0.2, -0.15) is 0 Å². The molecule has 84 valence electrons. The molecule has 16 heavy (non-hydrogen) atoms. The van der Waals surface area contributed by atoms with Crippen LogP contribution < -0.4 is 0 Å². The molecule has 3 aliphatic rings. The fraction of sp³-hybridized carbons (Fsp3) is 0.467. The number of fused-ring (bicyclic) bond motifs is 2. The van der Waals surface area contributed by atoms with E-state index in [0.717, 1.165) is 19.3 Å².